The highest BCUT2D eigenvalue weighted by atomic mass is 14.8. The number of pyridine rings is 1. The van der Waals surface area contributed by atoms with Crippen molar-refractivity contribution in [3.8, 4) is 0 Å². The molecular weight excluding hydrogens is 174 g/mol. The highest BCUT2D eigenvalue weighted by molar-refractivity contribution is 6.02. The summed E-state index contributed by atoms with van der Waals surface area (Å²) < 4.78 is 0. The number of hydrogen-bond acceptors (Lipinski definition) is 3. The zero-order chi connectivity index (χ0) is 9.38. The molecular formula is C11H7N3. The minimum absolute atomic E-state index is 0.910. The van der Waals surface area contributed by atoms with Gasteiger partial charge in [-0.25, -0.2) is 0 Å². The Morgan fingerprint density at radius 3 is 2.79 bits per heavy atom. The first kappa shape index (κ1) is 7.38. The van der Waals surface area contributed by atoms with Crippen LogP contribution in [0.15, 0.2) is 43.0 Å². The van der Waals surface area contributed by atoms with Crippen molar-refractivity contribution in [2.75, 3.05) is 0 Å². The van der Waals surface area contributed by atoms with Crippen LogP contribution in [0.4, 0.5) is 0 Å². The predicted molar refractivity (Wildman–Crippen MR) is 54.8 cm³/mol. The zero-order valence-corrected chi connectivity index (χ0v) is 7.38. The molecule has 0 aliphatic rings. The van der Waals surface area contributed by atoms with E-state index in [1.807, 2.05) is 24.4 Å². The van der Waals surface area contributed by atoms with E-state index in [0.717, 1.165) is 21.8 Å². The minimum atomic E-state index is 0.910. The summed E-state index contributed by atoms with van der Waals surface area (Å²) in [4.78, 5) is 12.6. The molecule has 14 heavy (non-hydrogen) atoms. The summed E-state index contributed by atoms with van der Waals surface area (Å²) in [5, 5.41) is 2.20. The van der Waals surface area contributed by atoms with Crippen molar-refractivity contribution in [2.45, 2.75) is 0 Å². The van der Waals surface area contributed by atoms with Crippen LogP contribution in [0.5, 0.6) is 0 Å². The Bertz CT molecular complexity index is 550. The molecule has 0 atom stereocenters. The van der Waals surface area contributed by atoms with Crippen molar-refractivity contribution in [3.63, 3.8) is 0 Å². The number of rotatable bonds is 0. The lowest BCUT2D eigenvalue weighted by Gasteiger charge is -1.99. The van der Waals surface area contributed by atoms with Crippen LogP contribution < -0.4 is 0 Å². The van der Waals surface area contributed by atoms with Crippen LogP contribution >= 0.6 is 0 Å². The van der Waals surface area contributed by atoms with Gasteiger partial charge in [0.15, 0.2) is 0 Å². The first-order chi connectivity index (χ1) is 6.95. The molecule has 3 nitrogen and oxygen atoms in total. The van der Waals surface area contributed by atoms with Crippen LogP contribution in [-0.2, 0) is 0 Å². The SMILES string of the molecule is c1cc2ccc3nccnc3c2cn1. The molecule has 0 fully saturated rings. The summed E-state index contributed by atoms with van der Waals surface area (Å²) in [6, 6.07) is 5.99. The average molecular weight is 181 g/mol. The highest BCUT2D eigenvalue weighted by Crippen LogP contribution is 2.20. The Hall–Kier alpha value is -2.03. The van der Waals surface area contributed by atoms with Gasteiger partial charge in [-0.1, -0.05) is 6.07 Å². The van der Waals surface area contributed by atoms with Gasteiger partial charge in [0.05, 0.1) is 11.0 Å². The highest BCUT2D eigenvalue weighted by Gasteiger charge is 2.00. The van der Waals surface area contributed by atoms with E-state index >= 15 is 0 Å². The summed E-state index contributed by atoms with van der Waals surface area (Å²) in [5.74, 6) is 0. The second-order valence-electron chi connectivity index (χ2n) is 3.09. The van der Waals surface area contributed by atoms with Gasteiger partial charge in [-0.2, -0.15) is 0 Å². The van der Waals surface area contributed by atoms with E-state index in [1.54, 1.807) is 18.6 Å². The van der Waals surface area contributed by atoms with Crippen LogP contribution in [0.25, 0.3) is 21.8 Å². The Morgan fingerprint density at radius 2 is 1.79 bits per heavy atom. The molecule has 0 aliphatic heterocycles. The summed E-state index contributed by atoms with van der Waals surface area (Å²) in [6.07, 6.45) is 7.01. The molecule has 0 amide bonds. The number of nitrogens with zero attached hydrogens (tertiary/aromatic N) is 3. The van der Waals surface area contributed by atoms with E-state index in [-0.39, 0.29) is 0 Å². The summed E-state index contributed by atoms with van der Waals surface area (Å²) in [6.45, 7) is 0. The van der Waals surface area contributed by atoms with Crippen LogP contribution in [0.1, 0.15) is 0 Å². The molecule has 0 N–H and O–H groups in total. The largest absolute Gasteiger partial charge is 0.264 e. The summed E-state index contributed by atoms with van der Waals surface area (Å²) in [5.41, 5.74) is 1.83. The first-order valence-electron chi connectivity index (χ1n) is 4.38. The van der Waals surface area contributed by atoms with E-state index in [9.17, 15) is 0 Å². The zero-order valence-electron chi connectivity index (χ0n) is 7.38. The van der Waals surface area contributed by atoms with Crippen molar-refractivity contribution < 1.29 is 0 Å². The van der Waals surface area contributed by atoms with Gasteiger partial charge in [0.25, 0.3) is 0 Å². The fourth-order valence-electron chi connectivity index (χ4n) is 1.60. The number of fused-ring (bicyclic) bond motifs is 3. The second-order valence-corrected chi connectivity index (χ2v) is 3.09. The van der Waals surface area contributed by atoms with Crippen LogP contribution in [-0.4, -0.2) is 15.0 Å². The lowest BCUT2D eigenvalue weighted by molar-refractivity contribution is 1.29. The van der Waals surface area contributed by atoms with Crippen molar-refractivity contribution in [1.29, 1.82) is 0 Å². The monoisotopic (exact) mass is 181 g/mol. The molecule has 0 spiro atoms. The Balaban J connectivity index is 2.61. The molecule has 0 bridgehead atoms. The Labute approximate surface area is 80.5 Å². The maximum atomic E-state index is 4.31. The van der Waals surface area contributed by atoms with Gasteiger partial charge in [-0.15, -0.1) is 0 Å². The standard InChI is InChI=1S/C11H7N3/c1-2-10-11(14-6-5-13-10)9-7-12-4-3-8(1)9/h1-7H. The minimum Gasteiger partial charge on any atom is -0.264 e. The van der Waals surface area contributed by atoms with Crippen molar-refractivity contribution in [1.82, 2.24) is 15.0 Å². The van der Waals surface area contributed by atoms with Gasteiger partial charge >= 0.3 is 0 Å². The number of aromatic nitrogens is 3. The van der Waals surface area contributed by atoms with Crippen molar-refractivity contribution >= 4 is 21.8 Å². The molecule has 2 aromatic heterocycles. The first-order valence-corrected chi connectivity index (χ1v) is 4.38. The summed E-state index contributed by atoms with van der Waals surface area (Å²) in [7, 11) is 0. The van der Waals surface area contributed by atoms with Gasteiger partial charge in [0.2, 0.25) is 0 Å². The van der Waals surface area contributed by atoms with Crippen LogP contribution in [0, 0.1) is 0 Å². The van der Waals surface area contributed by atoms with Gasteiger partial charge in [-0.3, -0.25) is 15.0 Å². The van der Waals surface area contributed by atoms with Crippen LogP contribution in [0.3, 0.4) is 0 Å². The topological polar surface area (TPSA) is 38.7 Å². The third-order valence-corrected chi connectivity index (χ3v) is 2.26. The van der Waals surface area contributed by atoms with E-state index in [1.165, 1.54) is 0 Å². The Morgan fingerprint density at radius 1 is 0.857 bits per heavy atom. The number of benzene rings is 1. The molecule has 1 aromatic carbocycles. The molecule has 3 heteroatoms. The fraction of sp³-hybridized carbons (Fsp3) is 0. The smallest absolute Gasteiger partial charge is 0.0980 e. The quantitative estimate of drug-likeness (QED) is 0.499. The van der Waals surface area contributed by atoms with Crippen molar-refractivity contribution in [2.24, 2.45) is 0 Å². The maximum Gasteiger partial charge on any atom is 0.0980 e. The maximum absolute atomic E-state index is 4.31. The van der Waals surface area contributed by atoms with E-state index in [0.29, 0.717) is 0 Å². The molecule has 0 radical (unpaired) electrons. The van der Waals surface area contributed by atoms with E-state index in [4.69, 9.17) is 0 Å². The normalized spacial score (nSPS) is 10.9. The molecule has 0 unspecified atom stereocenters. The Kier molecular flexibility index (Phi) is 1.44. The predicted octanol–water partition coefficient (Wildman–Crippen LogP) is 2.18. The molecule has 3 aromatic rings. The molecule has 0 aliphatic carbocycles. The van der Waals surface area contributed by atoms with Gasteiger partial charge in [-0.05, 0) is 17.5 Å². The third-order valence-electron chi connectivity index (χ3n) is 2.26. The molecule has 3 rings (SSSR count). The molecule has 66 valence electrons. The van der Waals surface area contributed by atoms with E-state index < -0.39 is 0 Å². The molecule has 0 saturated carbocycles. The lowest BCUT2D eigenvalue weighted by Crippen LogP contribution is -1.84. The second kappa shape index (κ2) is 2.73. The van der Waals surface area contributed by atoms with Crippen molar-refractivity contribution in [3.05, 3.63) is 43.0 Å². The van der Waals surface area contributed by atoms with Gasteiger partial charge < -0.3 is 0 Å². The van der Waals surface area contributed by atoms with Gasteiger partial charge in [0, 0.05) is 30.2 Å². The van der Waals surface area contributed by atoms with Crippen LogP contribution in [0.2, 0.25) is 0 Å². The van der Waals surface area contributed by atoms with E-state index in [2.05, 4.69) is 15.0 Å². The molecule has 2 heterocycles. The lowest BCUT2D eigenvalue weighted by atomic mass is 10.1. The summed E-state index contributed by atoms with van der Waals surface area (Å²) >= 11 is 0. The number of hydrogen-bond donors (Lipinski definition) is 0. The third kappa shape index (κ3) is 0.956. The average Bonchev–Trinajstić information content (AvgIpc) is 2.29. The molecule has 0 saturated heterocycles. The fourth-order valence-corrected chi connectivity index (χ4v) is 1.60. The van der Waals surface area contributed by atoms with Gasteiger partial charge in [0.1, 0.15) is 0 Å².